The molecule has 0 spiro atoms. The number of hydrogen-bond acceptors (Lipinski definition) is 7. The van der Waals surface area contributed by atoms with Gasteiger partial charge in [0.1, 0.15) is 6.04 Å². The molecule has 0 bridgehead atoms. The van der Waals surface area contributed by atoms with Crippen LogP contribution >= 0.6 is 11.8 Å². The van der Waals surface area contributed by atoms with Crippen molar-refractivity contribution in [1.82, 2.24) is 15.5 Å². The lowest BCUT2D eigenvalue weighted by atomic mass is 10.0. The van der Waals surface area contributed by atoms with Crippen LogP contribution in [0.3, 0.4) is 0 Å². The molecule has 1 amide bonds. The number of thioether (sulfide) groups is 1. The maximum atomic E-state index is 12.1. The van der Waals surface area contributed by atoms with Crippen LogP contribution in [0.2, 0.25) is 0 Å². The average molecular weight is 377 g/mol. The van der Waals surface area contributed by atoms with Crippen LogP contribution in [0.4, 0.5) is 0 Å². The summed E-state index contributed by atoms with van der Waals surface area (Å²) in [4.78, 5) is 23.9. The van der Waals surface area contributed by atoms with Crippen molar-refractivity contribution in [1.29, 1.82) is 0 Å². The molecule has 1 aromatic carbocycles. The summed E-state index contributed by atoms with van der Waals surface area (Å²) >= 11 is 1.12. The van der Waals surface area contributed by atoms with E-state index < -0.39 is 12.0 Å². The topological polar surface area (TPSA) is 94.3 Å². The van der Waals surface area contributed by atoms with Gasteiger partial charge in [-0.3, -0.25) is 4.79 Å². The van der Waals surface area contributed by atoms with Gasteiger partial charge in [-0.1, -0.05) is 43.3 Å². The predicted molar refractivity (Wildman–Crippen MR) is 98.6 cm³/mol. The van der Waals surface area contributed by atoms with Crippen molar-refractivity contribution >= 4 is 23.6 Å². The smallest absolute Gasteiger partial charge is 0.328 e. The van der Waals surface area contributed by atoms with Gasteiger partial charge in [0.25, 0.3) is 5.22 Å². The van der Waals surface area contributed by atoms with Crippen molar-refractivity contribution in [2.45, 2.75) is 38.5 Å². The van der Waals surface area contributed by atoms with Crippen LogP contribution < -0.4 is 5.32 Å². The highest BCUT2D eigenvalue weighted by atomic mass is 32.2. The number of benzene rings is 1. The Hall–Kier alpha value is -2.35. The molecule has 0 aliphatic heterocycles. The summed E-state index contributed by atoms with van der Waals surface area (Å²) in [5.74, 6) is -0.0113. The summed E-state index contributed by atoms with van der Waals surface area (Å²) in [5.41, 5.74) is 1.92. The number of nitrogens with zero attached hydrogens (tertiary/aromatic N) is 2. The normalized spacial score (nSPS) is 12.0. The summed E-state index contributed by atoms with van der Waals surface area (Å²) in [5, 5.41) is 10.9. The number of aromatic nitrogens is 2. The zero-order valence-corrected chi connectivity index (χ0v) is 16.1. The summed E-state index contributed by atoms with van der Waals surface area (Å²) in [6.45, 7) is 5.93. The maximum absolute atomic E-state index is 12.1. The third-order valence-electron chi connectivity index (χ3n) is 3.53. The zero-order chi connectivity index (χ0) is 19.1. The Morgan fingerprint density at radius 2 is 2.08 bits per heavy atom. The molecule has 0 fully saturated rings. The minimum absolute atomic E-state index is 0.0705. The lowest BCUT2D eigenvalue weighted by Gasteiger charge is -2.17. The number of rotatable bonds is 8. The van der Waals surface area contributed by atoms with Crippen molar-refractivity contribution in [2.75, 3.05) is 12.9 Å². The van der Waals surface area contributed by atoms with E-state index in [4.69, 9.17) is 9.15 Å². The average Bonchev–Trinajstić information content (AvgIpc) is 3.07. The number of esters is 1. The molecule has 0 saturated heterocycles. The Balaban J connectivity index is 1.92. The number of hydrogen-bond donors (Lipinski definition) is 1. The molecule has 26 heavy (non-hydrogen) atoms. The van der Waals surface area contributed by atoms with Gasteiger partial charge in [-0.25, -0.2) is 4.79 Å². The second-order valence-electron chi connectivity index (χ2n) is 6.30. The summed E-state index contributed by atoms with van der Waals surface area (Å²) in [6, 6.07) is 7.07. The Morgan fingerprint density at radius 3 is 2.73 bits per heavy atom. The molecule has 0 unspecified atom stereocenters. The molecular formula is C18H23N3O4S. The van der Waals surface area contributed by atoms with Gasteiger partial charge in [-0.2, -0.15) is 0 Å². The Morgan fingerprint density at radius 1 is 1.31 bits per heavy atom. The molecule has 0 aliphatic rings. The number of nitrogens with one attached hydrogen (secondary N) is 1. The molecule has 1 heterocycles. The van der Waals surface area contributed by atoms with E-state index in [1.165, 1.54) is 7.11 Å². The first-order valence-electron chi connectivity index (χ1n) is 8.29. The third-order valence-corrected chi connectivity index (χ3v) is 4.34. The molecule has 0 radical (unpaired) electrons. The monoisotopic (exact) mass is 377 g/mol. The van der Waals surface area contributed by atoms with Gasteiger partial charge < -0.3 is 14.5 Å². The second kappa shape index (κ2) is 9.38. The SMILES string of the molecule is COC(=O)[C@@H](CC(C)C)NC(=O)CSc1nnc(-c2cccc(C)c2)o1. The van der Waals surface area contributed by atoms with Gasteiger partial charge in [0.15, 0.2) is 0 Å². The highest BCUT2D eigenvalue weighted by Gasteiger charge is 2.23. The molecule has 1 atom stereocenters. The third kappa shape index (κ3) is 5.87. The fourth-order valence-corrected chi connectivity index (χ4v) is 2.93. The Labute approximate surface area is 156 Å². The van der Waals surface area contributed by atoms with E-state index in [2.05, 4.69) is 15.5 Å². The van der Waals surface area contributed by atoms with Gasteiger partial charge in [0.05, 0.1) is 12.9 Å². The summed E-state index contributed by atoms with van der Waals surface area (Å²) in [7, 11) is 1.31. The van der Waals surface area contributed by atoms with Crippen LogP contribution in [0.25, 0.3) is 11.5 Å². The van der Waals surface area contributed by atoms with E-state index in [1.54, 1.807) is 0 Å². The zero-order valence-electron chi connectivity index (χ0n) is 15.3. The number of aryl methyl sites for hydroxylation is 1. The first-order chi connectivity index (χ1) is 12.4. The van der Waals surface area contributed by atoms with Crippen LogP contribution in [-0.4, -0.2) is 41.0 Å². The van der Waals surface area contributed by atoms with Crippen LogP contribution in [0.15, 0.2) is 33.9 Å². The minimum Gasteiger partial charge on any atom is -0.467 e. The standard InChI is InChI=1S/C18H23N3O4S/c1-11(2)8-14(17(23)24-4)19-15(22)10-26-18-21-20-16(25-18)13-7-5-6-12(3)9-13/h5-7,9,11,14H,8,10H2,1-4H3,(H,19,22)/t14-/m1/s1. The van der Waals surface area contributed by atoms with Crippen molar-refractivity contribution in [2.24, 2.45) is 5.92 Å². The highest BCUT2D eigenvalue weighted by Crippen LogP contribution is 2.23. The van der Waals surface area contributed by atoms with E-state index in [9.17, 15) is 9.59 Å². The lowest BCUT2D eigenvalue weighted by Crippen LogP contribution is -2.43. The second-order valence-corrected chi connectivity index (χ2v) is 7.23. The number of carbonyl (C=O) groups excluding carboxylic acids is 2. The fraction of sp³-hybridized carbons (Fsp3) is 0.444. The molecule has 0 aliphatic carbocycles. The molecule has 2 aromatic rings. The Bertz CT molecular complexity index is 760. The molecule has 7 nitrogen and oxygen atoms in total. The molecule has 1 N–H and O–H groups in total. The Kier molecular flexibility index (Phi) is 7.20. The van der Waals surface area contributed by atoms with Gasteiger partial charge >= 0.3 is 5.97 Å². The van der Waals surface area contributed by atoms with E-state index >= 15 is 0 Å². The number of amides is 1. The van der Waals surface area contributed by atoms with Gasteiger partial charge in [-0.15, -0.1) is 10.2 Å². The number of ether oxygens (including phenoxy) is 1. The molecule has 1 aromatic heterocycles. The largest absolute Gasteiger partial charge is 0.467 e. The molecule has 140 valence electrons. The fourth-order valence-electron chi connectivity index (χ4n) is 2.35. The summed E-state index contributed by atoms with van der Waals surface area (Å²) < 4.78 is 10.3. The van der Waals surface area contributed by atoms with Crippen LogP contribution in [-0.2, 0) is 14.3 Å². The van der Waals surface area contributed by atoms with E-state index in [1.807, 2.05) is 45.0 Å². The van der Waals surface area contributed by atoms with Crippen molar-refractivity contribution in [3.63, 3.8) is 0 Å². The van der Waals surface area contributed by atoms with E-state index in [-0.39, 0.29) is 17.6 Å². The van der Waals surface area contributed by atoms with Crippen molar-refractivity contribution < 1.29 is 18.7 Å². The van der Waals surface area contributed by atoms with Crippen molar-refractivity contribution in [3.05, 3.63) is 29.8 Å². The van der Waals surface area contributed by atoms with Crippen molar-refractivity contribution in [3.8, 4) is 11.5 Å². The van der Waals surface area contributed by atoms with Gasteiger partial charge in [0, 0.05) is 5.56 Å². The first-order valence-corrected chi connectivity index (χ1v) is 9.28. The lowest BCUT2D eigenvalue weighted by molar-refractivity contribution is -0.145. The van der Waals surface area contributed by atoms with Gasteiger partial charge in [0.2, 0.25) is 11.8 Å². The van der Waals surface area contributed by atoms with Gasteiger partial charge in [-0.05, 0) is 31.4 Å². The molecule has 0 saturated carbocycles. The summed E-state index contributed by atoms with van der Waals surface area (Å²) in [6.07, 6.45) is 0.515. The predicted octanol–water partition coefficient (Wildman–Crippen LogP) is 2.84. The number of carbonyl (C=O) groups is 2. The quantitative estimate of drug-likeness (QED) is 0.558. The maximum Gasteiger partial charge on any atom is 0.328 e. The van der Waals surface area contributed by atoms with Crippen LogP contribution in [0.1, 0.15) is 25.8 Å². The molecular weight excluding hydrogens is 354 g/mol. The molecule has 2 rings (SSSR count). The van der Waals surface area contributed by atoms with E-state index in [0.717, 1.165) is 22.9 Å². The minimum atomic E-state index is -0.654. The highest BCUT2D eigenvalue weighted by molar-refractivity contribution is 7.99. The number of methoxy groups -OCH3 is 1. The first kappa shape index (κ1) is 20.0. The van der Waals surface area contributed by atoms with Crippen LogP contribution in [0.5, 0.6) is 0 Å². The van der Waals surface area contributed by atoms with E-state index in [0.29, 0.717) is 17.5 Å². The molecule has 8 heteroatoms. The van der Waals surface area contributed by atoms with Crippen LogP contribution in [0, 0.1) is 12.8 Å².